The first-order valence-corrected chi connectivity index (χ1v) is 6.30. The molecule has 5 heteroatoms. The number of carbonyl (C=O) groups is 1. The third kappa shape index (κ3) is 2.24. The fraction of sp³-hybridized carbons (Fsp3) is 0.286. The van der Waals surface area contributed by atoms with Crippen molar-refractivity contribution in [1.29, 1.82) is 0 Å². The number of hydrogen-bond acceptors (Lipinski definition) is 4. The number of rotatable bonds is 2. The van der Waals surface area contributed by atoms with Crippen molar-refractivity contribution >= 4 is 11.6 Å². The van der Waals surface area contributed by atoms with Crippen LogP contribution in [-0.4, -0.2) is 17.6 Å². The molecule has 0 unspecified atom stereocenters. The Kier molecular flexibility index (Phi) is 3.05. The van der Waals surface area contributed by atoms with Crippen molar-refractivity contribution in [2.75, 3.05) is 11.9 Å². The summed E-state index contributed by atoms with van der Waals surface area (Å²) in [7, 11) is 0. The molecule has 0 spiro atoms. The molecule has 0 radical (unpaired) electrons. The quantitative estimate of drug-likeness (QED) is 0.862. The van der Waals surface area contributed by atoms with E-state index in [9.17, 15) is 4.79 Å². The number of hydrogen-bond donors (Lipinski definition) is 2. The highest BCUT2D eigenvalue weighted by Crippen LogP contribution is 2.23. The number of anilines is 1. The van der Waals surface area contributed by atoms with E-state index in [1.807, 2.05) is 12.1 Å². The zero-order valence-electron chi connectivity index (χ0n) is 10.7. The Morgan fingerprint density at radius 3 is 3.16 bits per heavy atom. The second-order valence-corrected chi connectivity index (χ2v) is 4.62. The molecule has 1 aromatic carbocycles. The zero-order chi connectivity index (χ0) is 13.2. The van der Waals surface area contributed by atoms with Gasteiger partial charge in [0.15, 0.2) is 0 Å². The van der Waals surface area contributed by atoms with E-state index in [4.69, 9.17) is 4.52 Å². The van der Waals surface area contributed by atoms with Crippen LogP contribution in [0.25, 0.3) is 0 Å². The van der Waals surface area contributed by atoms with Gasteiger partial charge in [0, 0.05) is 12.2 Å². The van der Waals surface area contributed by atoms with Gasteiger partial charge in [-0.3, -0.25) is 4.79 Å². The molecule has 0 bridgehead atoms. The largest absolute Gasteiger partial charge is 0.361 e. The van der Waals surface area contributed by atoms with Gasteiger partial charge in [-0.05, 0) is 37.1 Å². The molecule has 0 saturated carbocycles. The van der Waals surface area contributed by atoms with Gasteiger partial charge in [-0.15, -0.1) is 0 Å². The predicted molar refractivity (Wildman–Crippen MR) is 71.0 cm³/mol. The molecule has 0 saturated heterocycles. The summed E-state index contributed by atoms with van der Waals surface area (Å²) in [4.78, 5) is 12.2. The topological polar surface area (TPSA) is 67.2 Å². The van der Waals surface area contributed by atoms with Gasteiger partial charge < -0.3 is 15.2 Å². The van der Waals surface area contributed by atoms with E-state index in [1.165, 1.54) is 11.8 Å². The second-order valence-electron chi connectivity index (χ2n) is 4.62. The van der Waals surface area contributed by atoms with Crippen LogP contribution in [0, 0.1) is 6.92 Å². The summed E-state index contributed by atoms with van der Waals surface area (Å²) in [5.74, 6) is 0.346. The average molecular weight is 257 g/mol. The van der Waals surface area contributed by atoms with Gasteiger partial charge in [-0.25, -0.2) is 0 Å². The van der Waals surface area contributed by atoms with Crippen LogP contribution < -0.4 is 10.6 Å². The lowest BCUT2D eigenvalue weighted by molar-refractivity contribution is 0.102. The number of nitrogens with one attached hydrogen (secondary N) is 2. The molecule has 3 rings (SSSR count). The normalized spacial score (nSPS) is 13.9. The average Bonchev–Trinajstić information content (AvgIpc) is 2.85. The summed E-state index contributed by atoms with van der Waals surface area (Å²) in [5, 5.41) is 9.88. The fourth-order valence-corrected chi connectivity index (χ4v) is 2.34. The molecule has 5 nitrogen and oxygen atoms in total. The number of carbonyl (C=O) groups excluding carboxylic acids is 1. The van der Waals surface area contributed by atoms with Gasteiger partial charge >= 0.3 is 0 Å². The van der Waals surface area contributed by atoms with Crippen molar-refractivity contribution in [1.82, 2.24) is 10.5 Å². The number of aromatic nitrogens is 1. The lowest BCUT2D eigenvalue weighted by Gasteiger charge is -2.20. The molecular formula is C14H15N3O2. The SMILES string of the molecule is Cc1oncc1C(=O)Nc1cccc2c1CNCC2. The van der Waals surface area contributed by atoms with E-state index >= 15 is 0 Å². The highest BCUT2D eigenvalue weighted by Gasteiger charge is 2.17. The molecule has 0 aliphatic carbocycles. The minimum Gasteiger partial charge on any atom is -0.361 e. The number of benzene rings is 1. The van der Waals surface area contributed by atoms with Crippen LogP contribution in [0.4, 0.5) is 5.69 Å². The summed E-state index contributed by atoms with van der Waals surface area (Å²) in [6.07, 6.45) is 2.43. The molecule has 19 heavy (non-hydrogen) atoms. The van der Waals surface area contributed by atoms with E-state index < -0.39 is 0 Å². The molecular weight excluding hydrogens is 242 g/mol. The number of amides is 1. The first-order chi connectivity index (χ1) is 9.25. The fourth-order valence-electron chi connectivity index (χ4n) is 2.34. The maximum Gasteiger partial charge on any atom is 0.260 e. The minimum absolute atomic E-state index is 0.183. The van der Waals surface area contributed by atoms with Gasteiger partial charge in [-0.2, -0.15) is 0 Å². The Morgan fingerprint density at radius 1 is 1.47 bits per heavy atom. The monoisotopic (exact) mass is 257 g/mol. The lowest BCUT2D eigenvalue weighted by Crippen LogP contribution is -2.25. The number of nitrogens with zero attached hydrogens (tertiary/aromatic N) is 1. The van der Waals surface area contributed by atoms with Crippen molar-refractivity contribution in [3.8, 4) is 0 Å². The van der Waals surface area contributed by atoms with Crippen molar-refractivity contribution in [2.24, 2.45) is 0 Å². The molecule has 1 aliphatic rings. The molecule has 2 heterocycles. The Morgan fingerprint density at radius 2 is 2.37 bits per heavy atom. The van der Waals surface area contributed by atoms with Crippen LogP contribution in [0.3, 0.4) is 0 Å². The van der Waals surface area contributed by atoms with E-state index in [0.717, 1.165) is 30.8 Å². The standard InChI is InChI=1S/C14H15N3O2/c1-9-11(8-16-19-9)14(18)17-13-4-2-3-10-5-6-15-7-12(10)13/h2-4,8,15H,5-7H2,1H3,(H,17,18). The maximum atomic E-state index is 12.2. The Bertz CT molecular complexity index is 619. The maximum absolute atomic E-state index is 12.2. The van der Waals surface area contributed by atoms with E-state index in [2.05, 4.69) is 21.9 Å². The van der Waals surface area contributed by atoms with Crippen LogP contribution in [0.15, 0.2) is 28.9 Å². The number of fused-ring (bicyclic) bond motifs is 1. The van der Waals surface area contributed by atoms with Crippen molar-refractivity contribution in [3.05, 3.63) is 46.8 Å². The van der Waals surface area contributed by atoms with Crippen LogP contribution in [0.2, 0.25) is 0 Å². The summed E-state index contributed by atoms with van der Waals surface area (Å²) in [6.45, 7) is 3.49. The van der Waals surface area contributed by atoms with Crippen LogP contribution in [0.5, 0.6) is 0 Å². The van der Waals surface area contributed by atoms with Crippen molar-refractivity contribution in [2.45, 2.75) is 19.9 Å². The molecule has 0 fully saturated rings. The Labute approximate surface area is 111 Å². The van der Waals surface area contributed by atoms with Crippen molar-refractivity contribution < 1.29 is 9.32 Å². The molecule has 2 aromatic rings. The molecule has 2 N–H and O–H groups in total. The van der Waals surface area contributed by atoms with E-state index in [0.29, 0.717) is 11.3 Å². The summed E-state index contributed by atoms with van der Waals surface area (Å²) >= 11 is 0. The molecule has 98 valence electrons. The zero-order valence-corrected chi connectivity index (χ0v) is 10.7. The highest BCUT2D eigenvalue weighted by molar-refractivity contribution is 6.05. The minimum atomic E-state index is -0.183. The van der Waals surface area contributed by atoms with Gasteiger partial charge in [0.25, 0.3) is 5.91 Å². The molecule has 1 aliphatic heterocycles. The number of aryl methyl sites for hydroxylation is 1. The third-order valence-corrected chi connectivity index (χ3v) is 3.39. The molecule has 1 amide bonds. The van der Waals surface area contributed by atoms with E-state index in [-0.39, 0.29) is 5.91 Å². The van der Waals surface area contributed by atoms with Gasteiger partial charge in [-0.1, -0.05) is 17.3 Å². The smallest absolute Gasteiger partial charge is 0.260 e. The van der Waals surface area contributed by atoms with Gasteiger partial charge in [0.1, 0.15) is 11.3 Å². The molecule has 0 atom stereocenters. The molecule has 1 aromatic heterocycles. The van der Waals surface area contributed by atoms with E-state index in [1.54, 1.807) is 6.92 Å². The first-order valence-electron chi connectivity index (χ1n) is 6.30. The Balaban J connectivity index is 1.88. The summed E-state index contributed by atoms with van der Waals surface area (Å²) in [6, 6.07) is 6.00. The van der Waals surface area contributed by atoms with Gasteiger partial charge in [0.2, 0.25) is 0 Å². The van der Waals surface area contributed by atoms with Crippen LogP contribution in [0.1, 0.15) is 27.2 Å². The first kappa shape index (κ1) is 11.9. The highest BCUT2D eigenvalue weighted by atomic mass is 16.5. The predicted octanol–water partition coefficient (Wildman–Crippen LogP) is 1.88. The summed E-state index contributed by atoms with van der Waals surface area (Å²) in [5.41, 5.74) is 3.78. The third-order valence-electron chi connectivity index (χ3n) is 3.39. The van der Waals surface area contributed by atoms with Crippen LogP contribution >= 0.6 is 0 Å². The van der Waals surface area contributed by atoms with Crippen LogP contribution in [-0.2, 0) is 13.0 Å². The van der Waals surface area contributed by atoms with Gasteiger partial charge in [0.05, 0.1) is 6.20 Å². The Hall–Kier alpha value is -2.14. The second kappa shape index (κ2) is 4.85. The summed E-state index contributed by atoms with van der Waals surface area (Å²) < 4.78 is 4.91. The lowest BCUT2D eigenvalue weighted by atomic mass is 9.99. The van der Waals surface area contributed by atoms with Crippen molar-refractivity contribution in [3.63, 3.8) is 0 Å².